The van der Waals surface area contributed by atoms with Gasteiger partial charge in [0, 0.05) is 45.2 Å². The predicted octanol–water partition coefficient (Wildman–Crippen LogP) is 2.92. The molecule has 4 nitrogen and oxygen atoms in total. The summed E-state index contributed by atoms with van der Waals surface area (Å²) in [6, 6.07) is 2.02. The summed E-state index contributed by atoms with van der Waals surface area (Å²) in [7, 11) is 3.77. The number of rotatable bonds is 5. The lowest BCUT2D eigenvalue weighted by molar-refractivity contribution is 0.0659. The van der Waals surface area contributed by atoms with Crippen LogP contribution in [0.15, 0.2) is 6.07 Å². The first-order chi connectivity index (χ1) is 10.0. The van der Waals surface area contributed by atoms with Crippen LogP contribution in [0.25, 0.3) is 0 Å². The van der Waals surface area contributed by atoms with Crippen LogP contribution in [0.3, 0.4) is 0 Å². The van der Waals surface area contributed by atoms with Crippen molar-refractivity contribution in [3.63, 3.8) is 0 Å². The van der Waals surface area contributed by atoms with Gasteiger partial charge in [-0.15, -0.1) is 0 Å². The summed E-state index contributed by atoms with van der Waals surface area (Å²) in [5.41, 5.74) is 3.08. The van der Waals surface area contributed by atoms with Gasteiger partial charge in [-0.3, -0.25) is 4.79 Å². The van der Waals surface area contributed by atoms with E-state index in [1.165, 1.54) is 6.42 Å². The van der Waals surface area contributed by atoms with Crippen LogP contribution < -0.4 is 0 Å². The summed E-state index contributed by atoms with van der Waals surface area (Å²) in [5, 5.41) is 0. The quantitative estimate of drug-likeness (QED) is 0.782. The van der Waals surface area contributed by atoms with Crippen LogP contribution in [-0.2, 0) is 11.8 Å². The van der Waals surface area contributed by atoms with Crippen molar-refractivity contribution in [3.05, 3.63) is 23.0 Å². The summed E-state index contributed by atoms with van der Waals surface area (Å²) >= 11 is 0. The van der Waals surface area contributed by atoms with Gasteiger partial charge in [0.25, 0.3) is 5.91 Å². The lowest BCUT2D eigenvalue weighted by Gasteiger charge is -2.33. The molecule has 0 bridgehead atoms. The summed E-state index contributed by atoms with van der Waals surface area (Å²) < 4.78 is 7.22. The minimum atomic E-state index is 0.202. The van der Waals surface area contributed by atoms with Gasteiger partial charge in [0.05, 0.1) is 5.56 Å². The number of carbonyl (C=O) groups is 1. The molecule has 0 N–H and O–H groups in total. The normalized spacial score (nSPS) is 19.0. The SMILES string of the molecule is COCCC[C@H]1CCCN(C(=O)c2cc(C)n(C)c2C)C1. The maximum atomic E-state index is 12.7. The van der Waals surface area contributed by atoms with Crippen molar-refractivity contribution in [3.8, 4) is 0 Å². The summed E-state index contributed by atoms with van der Waals surface area (Å²) in [6.07, 6.45) is 4.60. The van der Waals surface area contributed by atoms with Crippen LogP contribution in [0, 0.1) is 19.8 Å². The average Bonchev–Trinajstić information content (AvgIpc) is 2.75. The molecule has 0 radical (unpaired) electrons. The van der Waals surface area contributed by atoms with Crippen LogP contribution >= 0.6 is 0 Å². The lowest BCUT2D eigenvalue weighted by atomic mass is 9.93. The molecule has 0 spiro atoms. The van der Waals surface area contributed by atoms with Crippen molar-refractivity contribution in [1.29, 1.82) is 0 Å². The first-order valence-corrected chi connectivity index (χ1v) is 7.95. The number of aryl methyl sites for hydroxylation is 1. The summed E-state index contributed by atoms with van der Waals surface area (Å²) in [6.45, 7) is 6.69. The molecule has 1 atom stereocenters. The van der Waals surface area contributed by atoms with E-state index >= 15 is 0 Å². The molecular weight excluding hydrogens is 264 g/mol. The maximum Gasteiger partial charge on any atom is 0.255 e. The van der Waals surface area contributed by atoms with Crippen LogP contribution in [-0.4, -0.2) is 42.2 Å². The molecular formula is C17H28N2O2. The number of hydrogen-bond donors (Lipinski definition) is 0. The van der Waals surface area contributed by atoms with Gasteiger partial charge >= 0.3 is 0 Å². The Balaban J connectivity index is 2.00. The Kier molecular flexibility index (Phi) is 5.45. The largest absolute Gasteiger partial charge is 0.385 e. The number of aromatic nitrogens is 1. The van der Waals surface area contributed by atoms with Gasteiger partial charge in [-0.2, -0.15) is 0 Å². The van der Waals surface area contributed by atoms with Crippen molar-refractivity contribution in [1.82, 2.24) is 9.47 Å². The molecule has 0 unspecified atom stereocenters. The molecule has 0 aromatic carbocycles. The minimum absolute atomic E-state index is 0.202. The third-order valence-electron chi connectivity index (χ3n) is 4.77. The van der Waals surface area contributed by atoms with E-state index in [2.05, 4.69) is 4.57 Å². The Labute approximate surface area is 128 Å². The number of hydrogen-bond acceptors (Lipinski definition) is 2. The average molecular weight is 292 g/mol. The number of piperidine rings is 1. The molecule has 21 heavy (non-hydrogen) atoms. The Bertz CT molecular complexity index is 493. The van der Waals surface area contributed by atoms with E-state index in [0.29, 0.717) is 5.92 Å². The Morgan fingerprint density at radius 3 is 2.81 bits per heavy atom. The smallest absolute Gasteiger partial charge is 0.255 e. The van der Waals surface area contributed by atoms with Crippen LogP contribution in [0.2, 0.25) is 0 Å². The van der Waals surface area contributed by atoms with Gasteiger partial charge in [-0.25, -0.2) is 0 Å². The molecule has 1 amide bonds. The minimum Gasteiger partial charge on any atom is -0.385 e. The number of ether oxygens (including phenoxy) is 1. The second-order valence-corrected chi connectivity index (χ2v) is 6.24. The number of methoxy groups -OCH3 is 1. The van der Waals surface area contributed by atoms with E-state index in [1.54, 1.807) is 7.11 Å². The monoisotopic (exact) mass is 292 g/mol. The highest BCUT2D eigenvalue weighted by atomic mass is 16.5. The Hall–Kier alpha value is -1.29. The first kappa shape index (κ1) is 16.1. The van der Waals surface area contributed by atoms with Crippen molar-refractivity contribution in [2.24, 2.45) is 13.0 Å². The third-order valence-corrected chi connectivity index (χ3v) is 4.77. The van der Waals surface area contributed by atoms with E-state index in [1.807, 2.05) is 31.9 Å². The van der Waals surface area contributed by atoms with Crippen molar-refractivity contribution >= 4 is 5.91 Å². The maximum absolute atomic E-state index is 12.7. The molecule has 2 rings (SSSR count). The van der Waals surface area contributed by atoms with Gasteiger partial charge in [-0.1, -0.05) is 0 Å². The zero-order valence-corrected chi connectivity index (χ0v) is 13.8. The zero-order valence-electron chi connectivity index (χ0n) is 13.8. The van der Waals surface area contributed by atoms with E-state index < -0.39 is 0 Å². The van der Waals surface area contributed by atoms with Crippen molar-refractivity contribution in [2.45, 2.75) is 39.5 Å². The van der Waals surface area contributed by atoms with Gasteiger partial charge in [0.1, 0.15) is 0 Å². The van der Waals surface area contributed by atoms with Gasteiger partial charge in [0.15, 0.2) is 0 Å². The van der Waals surface area contributed by atoms with Crippen LogP contribution in [0.4, 0.5) is 0 Å². The number of carbonyl (C=O) groups excluding carboxylic acids is 1. The van der Waals surface area contributed by atoms with E-state index in [0.717, 1.165) is 55.9 Å². The number of amides is 1. The van der Waals surface area contributed by atoms with E-state index in [-0.39, 0.29) is 5.91 Å². The molecule has 0 aliphatic carbocycles. The van der Waals surface area contributed by atoms with Gasteiger partial charge < -0.3 is 14.2 Å². The molecule has 0 saturated carbocycles. The highest BCUT2D eigenvalue weighted by Crippen LogP contribution is 2.24. The van der Waals surface area contributed by atoms with Crippen molar-refractivity contribution < 1.29 is 9.53 Å². The number of nitrogens with zero attached hydrogens (tertiary/aromatic N) is 2. The second kappa shape index (κ2) is 7.12. The highest BCUT2D eigenvalue weighted by Gasteiger charge is 2.26. The molecule has 1 aliphatic heterocycles. The molecule has 1 saturated heterocycles. The van der Waals surface area contributed by atoms with E-state index in [4.69, 9.17) is 4.74 Å². The van der Waals surface area contributed by atoms with E-state index in [9.17, 15) is 4.79 Å². The molecule has 1 aliphatic rings. The standard InChI is InChI=1S/C17H28N2O2/c1-13-11-16(14(2)18(13)3)17(20)19-9-5-7-15(12-19)8-6-10-21-4/h11,15H,5-10,12H2,1-4H3/t15-/m1/s1. The first-order valence-electron chi connectivity index (χ1n) is 7.95. The fourth-order valence-corrected chi connectivity index (χ4v) is 3.24. The summed E-state index contributed by atoms with van der Waals surface area (Å²) in [5.74, 6) is 0.829. The molecule has 4 heteroatoms. The molecule has 1 aromatic rings. The summed E-state index contributed by atoms with van der Waals surface area (Å²) in [4.78, 5) is 14.8. The topological polar surface area (TPSA) is 34.5 Å². The third kappa shape index (κ3) is 3.67. The Morgan fingerprint density at radius 1 is 1.43 bits per heavy atom. The fraction of sp³-hybridized carbons (Fsp3) is 0.706. The Morgan fingerprint density at radius 2 is 2.19 bits per heavy atom. The second-order valence-electron chi connectivity index (χ2n) is 6.24. The molecule has 118 valence electrons. The lowest BCUT2D eigenvalue weighted by Crippen LogP contribution is -2.40. The van der Waals surface area contributed by atoms with Gasteiger partial charge in [-0.05, 0) is 51.5 Å². The molecule has 1 aromatic heterocycles. The molecule has 2 heterocycles. The van der Waals surface area contributed by atoms with Crippen molar-refractivity contribution in [2.75, 3.05) is 26.8 Å². The van der Waals surface area contributed by atoms with Gasteiger partial charge in [0.2, 0.25) is 0 Å². The zero-order chi connectivity index (χ0) is 15.4. The van der Waals surface area contributed by atoms with Crippen LogP contribution in [0.5, 0.6) is 0 Å². The fourth-order valence-electron chi connectivity index (χ4n) is 3.24. The molecule has 1 fully saturated rings. The predicted molar refractivity (Wildman–Crippen MR) is 84.6 cm³/mol. The highest BCUT2D eigenvalue weighted by molar-refractivity contribution is 5.95. The van der Waals surface area contributed by atoms with Crippen LogP contribution in [0.1, 0.15) is 47.4 Å². The number of likely N-dealkylation sites (tertiary alicyclic amines) is 1.